The third kappa shape index (κ3) is 2.68. The van der Waals surface area contributed by atoms with Gasteiger partial charge in [-0.2, -0.15) is 0 Å². The van der Waals surface area contributed by atoms with Crippen molar-refractivity contribution in [3.05, 3.63) is 34.3 Å². The van der Waals surface area contributed by atoms with Crippen LogP contribution in [-0.4, -0.2) is 31.7 Å². The van der Waals surface area contributed by atoms with E-state index in [0.717, 1.165) is 17.6 Å². The number of amides is 1. The molecule has 0 saturated heterocycles. The highest BCUT2D eigenvalue weighted by atomic mass is 32.1. The van der Waals surface area contributed by atoms with Gasteiger partial charge in [-0.1, -0.05) is 4.49 Å². The lowest BCUT2D eigenvalue weighted by molar-refractivity contribution is 0.0696. The van der Waals surface area contributed by atoms with Gasteiger partial charge in [0.1, 0.15) is 10.6 Å². The van der Waals surface area contributed by atoms with Gasteiger partial charge in [0.05, 0.1) is 16.9 Å². The summed E-state index contributed by atoms with van der Waals surface area (Å²) in [6.45, 7) is 1.64. The highest BCUT2D eigenvalue weighted by Gasteiger charge is 2.15. The molecule has 1 heterocycles. The van der Waals surface area contributed by atoms with Gasteiger partial charge in [-0.05, 0) is 36.7 Å². The molecule has 0 aliphatic rings. The van der Waals surface area contributed by atoms with Crippen LogP contribution in [0.2, 0.25) is 0 Å². The van der Waals surface area contributed by atoms with Gasteiger partial charge >= 0.3 is 5.97 Å². The summed E-state index contributed by atoms with van der Waals surface area (Å²) in [7, 11) is 0. The SMILES string of the molecule is Cc1nnsc1C(=O)Nc1ccc(C(=O)O)cc1O. The van der Waals surface area contributed by atoms with Gasteiger partial charge in [0.15, 0.2) is 0 Å². The fourth-order valence-electron chi connectivity index (χ4n) is 1.39. The van der Waals surface area contributed by atoms with Crippen LogP contribution in [-0.2, 0) is 0 Å². The molecule has 98 valence electrons. The number of aromatic nitrogens is 2. The second-order valence-electron chi connectivity index (χ2n) is 3.68. The molecular formula is C11H9N3O4S. The topological polar surface area (TPSA) is 112 Å². The Morgan fingerprint density at radius 2 is 2.11 bits per heavy atom. The molecule has 0 radical (unpaired) electrons. The number of nitrogens with one attached hydrogen (secondary N) is 1. The first kappa shape index (κ1) is 13.0. The molecule has 0 saturated carbocycles. The molecular weight excluding hydrogens is 270 g/mol. The predicted octanol–water partition coefficient (Wildman–Crippen LogP) is 1.50. The number of hydrogen-bond acceptors (Lipinski definition) is 6. The van der Waals surface area contributed by atoms with Gasteiger partial charge in [0.2, 0.25) is 0 Å². The van der Waals surface area contributed by atoms with Crippen molar-refractivity contribution in [2.24, 2.45) is 0 Å². The minimum Gasteiger partial charge on any atom is -0.506 e. The Kier molecular flexibility index (Phi) is 3.43. The Balaban J connectivity index is 2.23. The molecule has 0 fully saturated rings. The summed E-state index contributed by atoms with van der Waals surface area (Å²) in [6, 6.07) is 3.67. The van der Waals surface area contributed by atoms with Gasteiger partial charge in [-0.15, -0.1) is 5.10 Å². The van der Waals surface area contributed by atoms with E-state index in [-0.39, 0.29) is 17.0 Å². The standard InChI is InChI=1S/C11H9N3O4S/c1-5-9(19-14-13-5)10(16)12-7-3-2-6(11(17)18)4-8(7)15/h2-4,15H,1H3,(H,12,16)(H,17,18). The first-order valence-corrected chi connectivity index (χ1v) is 5.93. The molecule has 1 aromatic carbocycles. The Bertz CT molecular complexity index is 653. The average Bonchev–Trinajstić information content (AvgIpc) is 2.77. The van der Waals surface area contributed by atoms with Crippen LogP contribution >= 0.6 is 11.5 Å². The van der Waals surface area contributed by atoms with E-state index < -0.39 is 11.9 Å². The lowest BCUT2D eigenvalue weighted by Gasteiger charge is -2.06. The first-order valence-electron chi connectivity index (χ1n) is 5.15. The first-order chi connectivity index (χ1) is 8.99. The number of rotatable bonds is 3. The maximum atomic E-state index is 11.9. The van der Waals surface area contributed by atoms with Crippen molar-refractivity contribution in [3.8, 4) is 5.75 Å². The van der Waals surface area contributed by atoms with E-state index in [9.17, 15) is 14.7 Å². The van der Waals surface area contributed by atoms with E-state index in [2.05, 4.69) is 14.9 Å². The number of aryl methyl sites for hydroxylation is 1. The molecule has 3 N–H and O–H groups in total. The molecule has 8 heteroatoms. The van der Waals surface area contributed by atoms with E-state index in [1.165, 1.54) is 12.1 Å². The Morgan fingerprint density at radius 1 is 1.37 bits per heavy atom. The van der Waals surface area contributed by atoms with E-state index in [0.29, 0.717) is 10.6 Å². The van der Waals surface area contributed by atoms with Crippen LogP contribution in [0.1, 0.15) is 25.7 Å². The molecule has 1 amide bonds. The highest BCUT2D eigenvalue weighted by Crippen LogP contribution is 2.25. The third-order valence-corrected chi connectivity index (χ3v) is 3.18. The number of anilines is 1. The monoisotopic (exact) mass is 279 g/mol. The Labute approximate surface area is 111 Å². The quantitative estimate of drug-likeness (QED) is 0.734. The zero-order valence-electron chi connectivity index (χ0n) is 9.75. The molecule has 2 rings (SSSR count). The third-order valence-electron chi connectivity index (χ3n) is 2.35. The van der Waals surface area contributed by atoms with Crippen LogP contribution in [0.3, 0.4) is 0 Å². The number of carbonyl (C=O) groups excluding carboxylic acids is 1. The summed E-state index contributed by atoms with van der Waals surface area (Å²) in [4.78, 5) is 22.9. The number of hydrogen-bond donors (Lipinski definition) is 3. The van der Waals surface area contributed by atoms with Crippen LogP contribution < -0.4 is 5.32 Å². The van der Waals surface area contributed by atoms with Gasteiger partial charge in [-0.3, -0.25) is 4.79 Å². The number of nitrogens with zero attached hydrogens (tertiary/aromatic N) is 2. The molecule has 0 aliphatic carbocycles. The van der Waals surface area contributed by atoms with Gasteiger partial charge in [-0.25, -0.2) is 4.79 Å². The smallest absolute Gasteiger partial charge is 0.335 e. The summed E-state index contributed by atoms with van der Waals surface area (Å²) in [6.07, 6.45) is 0. The van der Waals surface area contributed by atoms with E-state index in [4.69, 9.17) is 5.11 Å². The molecule has 0 aliphatic heterocycles. The Morgan fingerprint density at radius 3 is 2.63 bits per heavy atom. The summed E-state index contributed by atoms with van der Waals surface area (Å²) in [5.74, 6) is -1.93. The zero-order chi connectivity index (χ0) is 14.0. The van der Waals surface area contributed by atoms with Crippen LogP contribution in [0.5, 0.6) is 5.75 Å². The van der Waals surface area contributed by atoms with Gasteiger partial charge in [0, 0.05) is 0 Å². The van der Waals surface area contributed by atoms with Crippen molar-refractivity contribution < 1.29 is 19.8 Å². The van der Waals surface area contributed by atoms with Gasteiger partial charge < -0.3 is 15.5 Å². The predicted molar refractivity (Wildman–Crippen MR) is 67.7 cm³/mol. The second kappa shape index (κ2) is 5.02. The van der Waals surface area contributed by atoms with Crippen molar-refractivity contribution in [1.29, 1.82) is 0 Å². The van der Waals surface area contributed by atoms with Crippen molar-refractivity contribution in [2.75, 3.05) is 5.32 Å². The molecule has 1 aromatic heterocycles. The number of benzene rings is 1. The molecule has 0 bridgehead atoms. The maximum Gasteiger partial charge on any atom is 0.335 e. The second-order valence-corrected chi connectivity index (χ2v) is 4.43. The summed E-state index contributed by atoms with van der Waals surface area (Å²) in [5, 5.41) is 24.6. The van der Waals surface area contributed by atoms with Gasteiger partial charge in [0.25, 0.3) is 5.91 Å². The van der Waals surface area contributed by atoms with E-state index in [1.54, 1.807) is 6.92 Å². The van der Waals surface area contributed by atoms with Crippen LogP contribution in [0.4, 0.5) is 5.69 Å². The summed E-state index contributed by atoms with van der Waals surface area (Å²) >= 11 is 0.942. The lowest BCUT2D eigenvalue weighted by Crippen LogP contribution is -2.12. The van der Waals surface area contributed by atoms with Crippen molar-refractivity contribution in [2.45, 2.75) is 6.92 Å². The molecule has 19 heavy (non-hydrogen) atoms. The van der Waals surface area contributed by atoms with Crippen LogP contribution in [0.25, 0.3) is 0 Å². The maximum absolute atomic E-state index is 11.9. The molecule has 0 unspecified atom stereocenters. The highest BCUT2D eigenvalue weighted by molar-refractivity contribution is 7.08. The van der Waals surface area contributed by atoms with Crippen LogP contribution in [0, 0.1) is 6.92 Å². The van der Waals surface area contributed by atoms with Crippen molar-refractivity contribution in [1.82, 2.24) is 9.59 Å². The lowest BCUT2D eigenvalue weighted by atomic mass is 10.2. The number of aromatic hydroxyl groups is 1. The summed E-state index contributed by atoms with van der Waals surface area (Å²) < 4.78 is 3.63. The molecule has 7 nitrogen and oxygen atoms in total. The van der Waals surface area contributed by atoms with Crippen LogP contribution in [0.15, 0.2) is 18.2 Å². The fraction of sp³-hybridized carbons (Fsp3) is 0.0909. The number of phenols is 1. The summed E-state index contributed by atoms with van der Waals surface area (Å²) in [5.41, 5.74) is 0.554. The fourth-order valence-corrected chi connectivity index (χ4v) is 1.94. The number of aromatic carboxylic acids is 1. The van der Waals surface area contributed by atoms with E-state index >= 15 is 0 Å². The normalized spacial score (nSPS) is 10.2. The Hall–Kier alpha value is -2.48. The minimum absolute atomic E-state index is 0.0638. The number of phenolic OH excluding ortho intramolecular Hbond substituents is 1. The number of carboxylic acid groups (broad SMARTS) is 1. The van der Waals surface area contributed by atoms with Crippen molar-refractivity contribution >= 4 is 29.1 Å². The molecule has 0 atom stereocenters. The average molecular weight is 279 g/mol. The largest absolute Gasteiger partial charge is 0.506 e. The zero-order valence-corrected chi connectivity index (χ0v) is 10.6. The number of carbonyl (C=O) groups is 2. The molecule has 2 aromatic rings. The van der Waals surface area contributed by atoms with E-state index in [1.807, 2.05) is 0 Å². The van der Waals surface area contributed by atoms with Crippen molar-refractivity contribution in [3.63, 3.8) is 0 Å². The molecule has 0 spiro atoms. The number of carboxylic acids is 1. The minimum atomic E-state index is -1.16.